The SMILES string of the molecule is CCCCCCc1cccc(C2(CC(CC)CCCC)c3cc(C)ccc3-c3ccc(C)cc32)c1. The first-order valence-corrected chi connectivity index (χ1v) is 14.4. The van der Waals surface area contributed by atoms with Crippen molar-refractivity contribution in [2.24, 2.45) is 5.92 Å². The quantitative estimate of drug-likeness (QED) is 0.233. The Hall–Kier alpha value is -2.34. The Labute approximate surface area is 215 Å². The molecule has 0 aliphatic heterocycles. The van der Waals surface area contributed by atoms with Gasteiger partial charge in [0, 0.05) is 5.41 Å². The van der Waals surface area contributed by atoms with Gasteiger partial charge in [0.05, 0.1) is 0 Å². The van der Waals surface area contributed by atoms with E-state index in [-0.39, 0.29) is 5.41 Å². The van der Waals surface area contributed by atoms with Crippen LogP contribution in [0.2, 0.25) is 0 Å². The number of rotatable bonds is 12. The molecule has 1 atom stereocenters. The molecule has 0 N–H and O–H groups in total. The monoisotopic (exact) mass is 466 g/mol. The molecule has 0 saturated heterocycles. The largest absolute Gasteiger partial charge is 0.0654 e. The Morgan fingerprint density at radius 3 is 1.94 bits per heavy atom. The molecule has 1 aliphatic carbocycles. The first kappa shape index (κ1) is 25.7. The van der Waals surface area contributed by atoms with Crippen LogP contribution >= 0.6 is 0 Å². The summed E-state index contributed by atoms with van der Waals surface area (Å²) in [6.45, 7) is 11.6. The second-order valence-corrected chi connectivity index (χ2v) is 11.1. The maximum Gasteiger partial charge on any atom is 0.0466 e. The molecule has 0 saturated carbocycles. The Morgan fingerprint density at radius 1 is 0.686 bits per heavy atom. The minimum Gasteiger partial charge on any atom is -0.0654 e. The fraction of sp³-hybridized carbons (Fsp3) is 0.486. The Morgan fingerprint density at radius 2 is 1.34 bits per heavy atom. The predicted molar refractivity (Wildman–Crippen MR) is 153 cm³/mol. The highest BCUT2D eigenvalue weighted by Gasteiger charge is 2.45. The highest BCUT2D eigenvalue weighted by Crippen LogP contribution is 2.56. The molecule has 4 rings (SSSR count). The zero-order valence-corrected chi connectivity index (χ0v) is 22.9. The van der Waals surface area contributed by atoms with Crippen LogP contribution in [0.15, 0.2) is 60.7 Å². The van der Waals surface area contributed by atoms with E-state index in [9.17, 15) is 0 Å². The summed E-state index contributed by atoms with van der Waals surface area (Å²) in [6.07, 6.45) is 12.9. The van der Waals surface area contributed by atoms with Crippen molar-refractivity contribution >= 4 is 0 Å². The molecule has 1 aliphatic rings. The van der Waals surface area contributed by atoms with Crippen molar-refractivity contribution in [3.05, 3.63) is 94.0 Å². The van der Waals surface area contributed by atoms with Gasteiger partial charge in [-0.2, -0.15) is 0 Å². The van der Waals surface area contributed by atoms with Gasteiger partial charge in [-0.05, 0) is 72.4 Å². The molecule has 0 bridgehead atoms. The molecule has 186 valence electrons. The molecular formula is C35H46. The molecule has 0 radical (unpaired) electrons. The van der Waals surface area contributed by atoms with E-state index in [0.717, 1.165) is 5.92 Å². The van der Waals surface area contributed by atoms with Gasteiger partial charge in [0.15, 0.2) is 0 Å². The van der Waals surface area contributed by atoms with Crippen molar-refractivity contribution in [1.82, 2.24) is 0 Å². The second-order valence-electron chi connectivity index (χ2n) is 11.1. The van der Waals surface area contributed by atoms with Crippen molar-refractivity contribution in [3.63, 3.8) is 0 Å². The van der Waals surface area contributed by atoms with E-state index in [4.69, 9.17) is 0 Å². The van der Waals surface area contributed by atoms with E-state index < -0.39 is 0 Å². The van der Waals surface area contributed by atoms with E-state index in [2.05, 4.69) is 95.3 Å². The molecule has 0 fully saturated rings. The molecule has 3 aromatic rings. The minimum absolute atomic E-state index is 0.0590. The lowest BCUT2D eigenvalue weighted by Gasteiger charge is -2.37. The molecular weight excluding hydrogens is 420 g/mol. The summed E-state index contributed by atoms with van der Waals surface area (Å²) in [5.74, 6) is 0.725. The Kier molecular flexibility index (Phi) is 8.53. The molecule has 0 spiro atoms. The summed E-state index contributed by atoms with van der Waals surface area (Å²) in [5, 5.41) is 0. The highest BCUT2D eigenvalue weighted by molar-refractivity contribution is 5.84. The molecule has 0 heteroatoms. The Balaban J connectivity index is 1.89. The minimum atomic E-state index is -0.0590. The molecule has 0 heterocycles. The number of benzene rings is 3. The molecule has 0 aromatic heterocycles. The second kappa shape index (κ2) is 11.6. The van der Waals surface area contributed by atoms with E-state index in [1.807, 2.05) is 0 Å². The number of hydrogen-bond donors (Lipinski definition) is 0. The lowest BCUT2D eigenvalue weighted by Crippen LogP contribution is -2.30. The number of unbranched alkanes of at least 4 members (excludes halogenated alkanes) is 4. The van der Waals surface area contributed by atoms with Gasteiger partial charge in [-0.1, -0.05) is 138 Å². The van der Waals surface area contributed by atoms with Crippen molar-refractivity contribution in [3.8, 4) is 11.1 Å². The maximum absolute atomic E-state index is 2.57. The van der Waals surface area contributed by atoms with Gasteiger partial charge in [0.1, 0.15) is 0 Å². The van der Waals surface area contributed by atoms with Gasteiger partial charge in [0.2, 0.25) is 0 Å². The summed E-state index contributed by atoms with van der Waals surface area (Å²) >= 11 is 0. The zero-order chi connectivity index (χ0) is 24.8. The summed E-state index contributed by atoms with van der Waals surface area (Å²) in [6, 6.07) is 24.1. The van der Waals surface area contributed by atoms with Crippen LogP contribution in [0.4, 0.5) is 0 Å². The normalized spacial score (nSPS) is 14.5. The van der Waals surface area contributed by atoms with E-state index in [0.29, 0.717) is 0 Å². The number of fused-ring (bicyclic) bond motifs is 3. The van der Waals surface area contributed by atoms with Crippen LogP contribution < -0.4 is 0 Å². The first-order valence-electron chi connectivity index (χ1n) is 14.4. The van der Waals surface area contributed by atoms with Crippen molar-refractivity contribution in [1.29, 1.82) is 0 Å². The molecule has 0 nitrogen and oxygen atoms in total. The lowest BCUT2D eigenvalue weighted by atomic mass is 9.65. The predicted octanol–water partition coefficient (Wildman–Crippen LogP) is 10.3. The first-order chi connectivity index (χ1) is 17.0. The van der Waals surface area contributed by atoms with Gasteiger partial charge in [0.25, 0.3) is 0 Å². The lowest BCUT2D eigenvalue weighted by molar-refractivity contribution is 0.362. The highest BCUT2D eigenvalue weighted by atomic mass is 14.5. The van der Waals surface area contributed by atoms with Gasteiger partial charge >= 0.3 is 0 Å². The van der Waals surface area contributed by atoms with Crippen LogP contribution in [0.25, 0.3) is 11.1 Å². The zero-order valence-electron chi connectivity index (χ0n) is 22.9. The van der Waals surface area contributed by atoms with Crippen molar-refractivity contribution < 1.29 is 0 Å². The molecule has 35 heavy (non-hydrogen) atoms. The fourth-order valence-electron chi connectivity index (χ4n) is 6.41. The third-order valence-electron chi connectivity index (χ3n) is 8.44. The van der Waals surface area contributed by atoms with Gasteiger partial charge < -0.3 is 0 Å². The van der Waals surface area contributed by atoms with Crippen LogP contribution in [0, 0.1) is 19.8 Å². The average molecular weight is 467 g/mol. The van der Waals surface area contributed by atoms with E-state index >= 15 is 0 Å². The van der Waals surface area contributed by atoms with Crippen molar-refractivity contribution in [2.75, 3.05) is 0 Å². The Bertz CT molecular complexity index is 1070. The summed E-state index contributed by atoms with van der Waals surface area (Å²) < 4.78 is 0. The molecule has 3 aromatic carbocycles. The van der Waals surface area contributed by atoms with Gasteiger partial charge in [-0.3, -0.25) is 0 Å². The third kappa shape index (κ3) is 5.28. The maximum atomic E-state index is 2.57. The average Bonchev–Trinajstić information content (AvgIpc) is 3.13. The van der Waals surface area contributed by atoms with E-state index in [1.54, 1.807) is 0 Å². The van der Waals surface area contributed by atoms with Crippen LogP contribution in [0.5, 0.6) is 0 Å². The summed E-state index contributed by atoms with van der Waals surface area (Å²) in [5.41, 5.74) is 11.7. The van der Waals surface area contributed by atoms with Crippen LogP contribution in [-0.4, -0.2) is 0 Å². The smallest absolute Gasteiger partial charge is 0.0466 e. The van der Waals surface area contributed by atoms with Crippen molar-refractivity contribution in [2.45, 2.75) is 104 Å². The fourth-order valence-corrected chi connectivity index (χ4v) is 6.41. The van der Waals surface area contributed by atoms with Gasteiger partial charge in [-0.25, -0.2) is 0 Å². The van der Waals surface area contributed by atoms with Crippen LogP contribution in [0.1, 0.15) is 112 Å². The number of aryl methyl sites for hydroxylation is 3. The molecule has 0 amide bonds. The van der Waals surface area contributed by atoms with E-state index in [1.165, 1.54) is 109 Å². The third-order valence-corrected chi connectivity index (χ3v) is 8.44. The van der Waals surface area contributed by atoms with Gasteiger partial charge in [-0.15, -0.1) is 0 Å². The standard InChI is InChI=1S/C35H46/c1-6-9-11-12-15-29-16-13-17-30(24-29)35(25-28(8-3)14-10-7-2)33-22-26(4)18-20-31(33)32-21-19-27(5)23-34(32)35/h13,16-24,28H,6-12,14-15,25H2,1-5H3. The number of hydrogen-bond acceptors (Lipinski definition) is 0. The summed E-state index contributed by atoms with van der Waals surface area (Å²) in [7, 11) is 0. The summed E-state index contributed by atoms with van der Waals surface area (Å²) in [4.78, 5) is 0. The molecule has 1 unspecified atom stereocenters. The van der Waals surface area contributed by atoms with Crippen LogP contribution in [-0.2, 0) is 11.8 Å². The van der Waals surface area contributed by atoms with Crippen LogP contribution in [0.3, 0.4) is 0 Å². The topological polar surface area (TPSA) is 0 Å².